The normalized spacial score (nSPS) is 15.2. The number of thioether (sulfide) groups is 1. The van der Waals surface area contributed by atoms with Gasteiger partial charge in [-0.1, -0.05) is 66.4 Å². The van der Waals surface area contributed by atoms with Crippen molar-refractivity contribution in [2.45, 2.75) is 0 Å². The van der Waals surface area contributed by atoms with Gasteiger partial charge in [0.05, 0.1) is 10.6 Å². The van der Waals surface area contributed by atoms with Crippen LogP contribution in [0.15, 0.2) is 64.9 Å². The van der Waals surface area contributed by atoms with E-state index in [1.165, 1.54) is 28.0 Å². The Morgan fingerprint density at radius 3 is 2.52 bits per heavy atom. The van der Waals surface area contributed by atoms with E-state index in [2.05, 4.69) is 10.3 Å². The number of aromatic nitrogens is 1. The summed E-state index contributed by atoms with van der Waals surface area (Å²) in [5, 5.41) is 5.29. The van der Waals surface area contributed by atoms with E-state index in [1.54, 1.807) is 37.4 Å². The van der Waals surface area contributed by atoms with Crippen LogP contribution in [-0.2, 0) is 4.79 Å². The number of amides is 2. The molecule has 0 saturated carbocycles. The highest BCUT2D eigenvalue weighted by molar-refractivity contribution is 8.26. The zero-order valence-corrected chi connectivity index (χ0v) is 17.7. The average Bonchev–Trinajstić information content (AvgIpc) is 3.30. The van der Waals surface area contributed by atoms with E-state index in [0.717, 1.165) is 16.8 Å². The summed E-state index contributed by atoms with van der Waals surface area (Å²) in [6.45, 7) is 0. The molecule has 1 N–H and O–H groups in total. The Hall–Kier alpha value is -2.81. The van der Waals surface area contributed by atoms with Crippen molar-refractivity contribution in [2.75, 3.05) is 12.4 Å². The Morgan fingerprint density at radius 1 is 1.14 bits per heavy atom. The topological polar surface area (TPSA) is 62.3 Å². The highest BCUT2D eigenvalue weighted by Crippen LogP contribution is 2.31. The summed E-state index contributed by atoms with van der Waals surface area (Å²) in [6.07, 6.45) is 1.78. The minimum absolute atomic E-state index is 0.111. The van der Waals surface area contributed by atoms with Crippen LogP contribution in [0.1, 0.15) is 15.9 Å². The molecule has 1 saturated heterocycles. The van der Waals surface area contributed by atoms with E-state index in [-0.39, 0.29) is 11.8 Å². The SMILES string of the molecule is CN1C(=O)/C(=C\c2ccc(C(=O)Nc3nc(-c4ccccc4)cs3)cc2)SC1=S. The second kappa shape index (κ2) is 8.28. The summed E-state index contributed by atoms with van der Waals surface area (Å²) in [6, 6.07) is 16.9. The largest absolute Gasteiger partial charge is 0.298 e. The minimum atomic E-state index is -0.231. The molecule has 1 aliphatic rings. The molecule has 0 spiro atoms. The van der Waals surface area contributed by atoms with Crippen LogP contribution in [0.3, 0.4) is 0 Å². The van der Waals surface area contributed by atoms with Gasteiger partial charge in [0.15, 0.2) is 5.13 Å². The number of likely N-dealkylation sites (N-methyl/N-ethyl adjacent to an activating group) is 1. The van der Waals surface area contributed by atoms with Gasteiger partial charge in [-0.05, 0) is 23.8 Å². The second-order valence-electron chi connectivity index (χ2n) is 6.22. The van der Waals surface area contributed by atoms with Gasteiger partial charge < -0.3 is 0 Å². The lowest BCUT2D eigenvalue weighted by Gasteiger charge is -2.04. The van der Waals surface area contributed by atoms with Gasteiger partial charge in [0.25, 0.3) is 11.8 Å². The molecule has 2 aromatic carbocycles. The van der Waals surface area contributed by atoms with Gasteiger partial charge in [0.2, 0.25) is 0 Å². The zero-order chi connectivity index (χ0) is 20.4. The fraction of sp³-hybridized carbons (Fsp3) is 0.0476. The number of hydrogen-bond acceptors (Lipinski definition) is 6. The molecule has 0 atom stereocenters. The van der Waals surface area contributed by atoms with Gasteiger partial charge in [0, 0.05) is 23.6 Å². The van der Waals surface area contributed by atoms with Crippen LogP contribution in [0.25, 0.3) is 17.3 Å². The molecule has 1 aliphatic heterocycles. The van der Waals surface area contributed by atoms with Crippen LogP contribution in [0, 0.1) is 0 Å². The van der Waals surface area contributed by atoms with Crippen molar-refractivity contribution >= 4 is 62.7 Å². The summed E-state index contributed by atoms with van der Waals surface area (Å²) in [7, 11) is 1.66. The molecule has 0 radical (unpaired) electrons. The number of benzene rings is 2. The van der Waals surface area contributed by atoms with E-state index in [1.807, 2.05) is 35.7 Å². The van der Waals surface area contributed by atoms with E-state index < -0.39 is 0 Å². The Morgan fingerprint density at radius 2 is 1.86 bits per heavy atom. The summed E-state index contributed by atoms with van der Waals surface area (Å²) in [5.74, 6) is -0.342. The van der Waals surface area contributed by atoms with Crippen LogP contribution in [-0.4, -0.2) is 33.1 Å². The van der Waals surface area contributed by atoms with Crippen LogP contribution in [0.2, 0.25) is 0 Å². The number of carbonyl (C=O) groups excluding carboxylic acids is 2. The number of anilines is 1. The van der Waals surface area contributed by atoms with Crippen LogP contribution >= 0.6 is 35.3 Å². The van der Waals surface area contributed by atoms with Gasteiger partial charge in [-0.2, -0.15) is 0 Å². The number of thiazole rings is 1. The van der Waals surface area contributed by atoms with Gasteiger partial charge >= 0.3 is 0 Å². The van der Waals surface area contributed by atoms with Crippen LogP contribution in [0.4, 0.5) is 5.13 Å². The molecule has 8 heteroatoms. The lowest BCUT2D eigenvalue weighted by molar-refractivity contribution is -0.121. The van der Waals surface area contributed by atoms with E-state index >= 15 is 0 Å². The van der Waals surface area contributed by atoms with Gasteiger partial charge in [-0.15, -0.1) is 11.3 Å². The highest BCUT2D eigenvalue weighted by atomic mass is 32.2. The first-order chi connectivity index (χ1) is 14.0. The number of rotatable bonds is 4. The molecular formula is C21H15N3O2S3. The lowest BCUT2D eigenvalue weighted by atomic mass is 10.1. The molecule has 0 bridgehead atoms. The summed E-state index contributed by atoms with van der Waals surface area (Å²) < 4.78 is 0.538. The Labute approximate surface area is 181 Å². The Balaban J connectivity index is 1.45. The van der Waals surface area contributed by atoms with Crippen molar-refractivity contribution in [3.8, 4) is 11.3 Å². The number of hydrogen-bond donors (Lipinski definition) is 1. The lowest BCUT2D eigenvalue weighted by Crippen LogP contribution is -2.22. The maximum Gasteiger partial charge on any atom is 0.265 e. The van der Waals surface area contributed by atoms with Crippen LogP contribution < -0.4 is 5.32 Å². The van der Waals surface area contributed by atoms with Crippen molar-refractivity contribution in [1.29, 1.82) is 0 Å². The molecule has 3 aromatic rings. The van der Waals surface area contributed by atoms with E-state index in [9.17, 15) is 9.59 Å². The summed E-state index contributed by atoms with van der Waals surface area (Å²) >= 11 is 7.79. The predicted octanol–water partition coefficient (Wildman–Crippen LogP) is 4.89. The van der Waals surface area contributed by atoms with E-state index in [0.29, 0.717) is 19.9 Å². The van der Waals surface area contributed by atoms with Crippen molar-refractivity contribution in [3.63, 3.8) is 0 Å². The standard InChI is InChI=1S/C21H15N3O2S3/c1-24-19(26)17(29-21(24)27)11-13-7-9-15(10-8-13)18(25)23-20-22-16(12-28-20)14-5-3-2-4-6-14/h2-12H,1H3,(H,22,23,25)/b17-11+. The van der Waals surface area contributed by atoms with E-state index in [4.69, 9.17) is 12.2 Å². The average molecular weight is 438 g/mol. The molecule has 2 heterocycles. The molecule has 1 aromatic heterocycles. The first-order valence-corrected chi connectivity index (χ1v) is 10.8. The molecule has 144 valence electrons. The summed E-state index contributed by atoms with van der Waals surface area (Å²) in [4.78, 5) is 31.1. The molecule has 29 heavy (non-hydrogen) atoms. The molecule has 0 aliphatic carbocycles. The second-order valence-corrected chi connectivity index (χ2v) is 8.75. The quantitative estimate of drug-likeness (QED) is 0.465. The molecular weight excluding hydrogens is 422 g/mol. The summed E-state index contributed by atoms with van der Waals surface area (Å²) in [5.41, 5.74) is 3.18. The smallest absolute Gasteiger partial charge is 0.265 e. The third kappa shape index (κ3) is 4.29. The fourth-order valence-corrected chi connectivity index (χ4v) is 4.56. The molecule has 1 fully saturated rings. The first-order valence-electron chi connectivity index (χ1n) is 8.65. The first kappa shape index (κ1) is 19.5. The van der Waals surface area contributed by atoms with Crippen LogP contribution in [0.5, 0.6) is 0 Å². The van der Waals surface area contributed by atoms with Crippen molar-refractivity contribution in [1.82, 2.24) is 9.88 Å². The van der Waals surface area contributed by atoms with Crippen molar-refractivity contribution in [2.24, 2.45) is 0 Å². The third-order valence-corrected chi connectivity index (χ3v) is 6.49. The number of thiocarbonyl (C=S) groups is 1. The fourth-order valence-electron chi connectivity index (χ4n) is 2.67. The van der Waals surface area contributed by atoms with Crippen molar-refractivity contribution in [3.05, 3.63) is 76.0 Å². The zero-order valence-electron chi connectivity index (χ0n) is 15.3. The maximum atomic E-state index is 12.5. The highest BCUT2D eigenvalue weighted by Gasteiger charge is 2.28. The van der Waals surface area contributed by atoms with Gasteiger partial charge in [0.1, 0.15) is 4.32 Å². The third-order valence-electron chi connectivity index (χ3n) is 4.25. The number of nitrogens with zero attached hydrogens (tertiary/aromatic N) is 2. The molecule has 5 nitrogen and oxygen atoms in total. The maximum absolute atomic E-state index is 12.5. The van der Waals surface area contributed by atoms with Crippen molar-refractivity contribution < 1.29 is 9.59 Å². The monoisotopic (exact) mass is 437 g/mol. The molecule has 2 amide bonds. The molecule has 4 rings (SSSR count). The Kier molecular flexibility index (Phi) is 5.57. The predicted molar refractivity (Wildman–Crippen MR) is 123 cm³/mol. The number of nitrogens with one attached hydrogen (secondary N) is 1. The van der Waals surface area contributed by atoms with Gasteiger partial charge in [-0.25, -0.2) is 4.98 Å². The minimum Gasteiger partial charge on any atom is -0.298 e. The molecule has 0 unspecified atom stereocenters. The number of carbonyl (C=O) groups is 2. The van der Waals surface area contributed by atoms with Gasteiger partial charge in [-0.3, -0.25) is 19.8 Å². The Bertz CT molecular complexity index is 1120.